The van der Waals surface area contributed by atoms with Gasteiger partial charge in [-0.25, -0.2) is 13.2 Å². The minimum absolute atomic E-state index is 0.0258. The normalized spacial score (nSPS) is 41.4. The average Bonchev–Trinajstić information content (AvgIpc) is 3.41. The molecule has 1 saturated heterocycles. The van der Waals surface area contributed by atoms with Gasteiger partial charge in [-0.1, -0.05) is 66.7 Å². The molecule has 0 radical (unpaired) electrons. The first kappa shape index (κ1) is 37.1. The second kappa shape index (κ2) is 12.4. The van der Waals surface area contributed by atoms with Crippen LogP contribution >= 0.6 is 0 Å². The number of carboxylic acid groups (broad SMARTS) is 1. The third-order valence-electron chi connectivity index (χ3n) is 16.9. The molecule has 1 aliphatic heterocycles. The van der Waals surface area contributed by atoms with Crippen LogP contribution in [0.25, 0.3) is 5.57 Å². The summed E-state index contributed by atoms with van der Waals surface area (Å²) in [6.07, 6.45) is 12.9. The van der Waals surface area contributed by atoms with Gasteiger partial charge in [0.25, 0.3) is 0 Å². The highest BCUT2D eigenvalue weighted by molar-refractivity contribution is 7.91. The number of allylic oxidation sites excluding steroid dienone is 2. The van der Waals surface area contributed by atoms with Crippen LogP contribution in [0.4, 0.5) is 0 Å². The van der Waals surface area contributed by atoms with Gasteiger partial charge in [-0.05, 0) is 145 Å². The molecule has 0 spiro atoms. The van der Waals surface area contributed by atoms with Gasteiger partial charge in [0.15, 0.2) is 9.84 Å². The minimum Gasteiger partial charge on any atom is -0.478 e. The third-order valence-corrected chi connectivity index (χ3v) is 18.5. The van der Waals surface area contributed by atoms with E-state index in [1.54, 1.807) is 6.07 Å². The van der Waals surface area contributed by atoms with Crippen molar-refractivity contribution in [1.29, 1.82) is 0 Å². The van der Waals surface area contributed by atoms with Crippen molar-refractivity contribution in [3.8, 4) is 0 Å². The van der Waals surface area contributed by atoms with Crippen LogP contribution in [0.3, 0.4) is 0 Å². The van der Waals surface area contributed by atoms with Crippen LogP contribution in [0.5, 0.6) is 0 Å². The Hall–Kier alpha value is -2.19. The number of amides is 1. The lowest BCUT2D eigenvalue weighted by atomic mass is 9.33. The average molecular weight is 721 g/mol. The molecule has 9 atom stereocenters. The molecule has 5 aliphatic carbocycles. The molecular weight excluding hydrogens is 657 g/mol. The topological polar surface area (TPSA) is 104 Å². The quantitative estimate of drug-likeness (QED) is 0.309. The molecule has 7 rings (SSSR count). The number of rotatable bonds is 6. The molecule has 0 bridgehead atoms. The van der Waals surface area contributed by atoms with Gasteiger partial charge in [0.2, 0.25) is 5.91 Å². The summed E-state index contributed by atoms with van der Waals surface area (Å²) in [7, 11) is -2.98. The lowest BCUT2D eigenvalue weighted by Gasteiger charge is -2.72. The Morgan fingerprint density at radius 3 is 2.27 bits per heavy atom. The number of fused-ring (bicyclic) bond motifs is 7. The fraction of sp³-hybridized carbons (Fsp3) is 0.767. The molecule has 7 nitrogen and oxygen atoms in total. The summed E-state index contributed by atoms with van der Waals surface area (Å²) in [6.45, 7) is 20.7. The van der Waals surface area contributed by atoms with Crippen molar-refractivity contribution < 1.29 is 23.1 Å². The SMILES string of the molecule is Cc1cc(C2=CC[C@]3(C)[C@H]4CC[C@@H]5[C@H]6[C@H](C(C)C)CC[C@]6(NC(=O)CN6CCS(=O)(=O)CC6)CC[C@@]5(C)[C@]4(C)CC[C@H]3C2(C)C)ccc1C(=O)O. The molecule has 5 fully saturated rings. The van der Waals surface area contributed by atoms with Gasteiger partial charge in [-0.15, -0.1) is 0 Å². The summed E-state index contributed by atoms with van der Waals surface area (Å²) in [6, 6.07) is 5.91. The van der Waals surface area contributed by atoms with E-state index in [-0.39, 0.29) is 44.6 Å². The number of nitrogens with zero attached hydrogens (tertiary/aromatic N) is 1. The first-order valence-corrected chi connectivity index (χ1v) is 21.9. The molecule has 1 amide bonds. The predicted molar refractivity (Wildman–Crippen MR) is 204 cm³/mol. The molecular formula is C43H64N2O5S. The zero-order valence-electron chi connectivity index (χ0n) is 32.6. The van der Waals surface area contributed by atoms with E-state index in [9.17, 15) is 23.1 Å². The number of sulfone groups is 1. The van der Waals surface area contributed by atoms with E-state index in [4.69, 9.17) is 0 Å². The number of carbonyl (C=O) groups excluding carboxylic acids is 1. The summed E-state index contributed by atoms with van der Waals surface area (Å²) in [5.41, 5.74) is 4.15. The highest BCUT2D eigenvalue weighted by Crippen LogP contribution is 2.76. The van der Waals surface area contributed by atoms with E-state index in [1.807, 2.05) is 17.9 Å². The molecule has 6 aliphatic rings. The maximum absolute atomic E-state index is 13.8. The van der Waals surface area contributed by atoms with E-state index in [1.165, 1.54) is 43.2 Å². The Labute approximate surface area is 307 Å². The van der Waals surface area contributed by atoms with Crippen LogP contribution < -0.4 is 5.32 Å². The van der Waals surface area contributed by atoms with Gasteiger partial charge < -0.3 is 10.4 Å². The number of carbonyl (C=O) groups is 2. The third kappa shape index (κ3) is 5.69. The van der Waals surface area contributed by atoms with Crippen LogP contribution in [0.1, 0.15) is 128 Å². The van der Waals surface area contributed by atoms with Gasteiger partial charge in [0.05, 0.1) is 23.6 Å². The van der Waals surface area contributed by atoms with Crippen LogP contribution in [0.2, 0.25) is 0 Å². The van der Waals surface area contributed by atoms with Crippen LogP contribution in [0.15, 0.2) is 24.3 Å². The number of benzene rings is 1. The monoisotopic (exact) mass is 720 g/mol. The number of aromatic carboxylic acids is 1. The first-order valence-electron chi connectivity index (χ1n) is 20.1. The molecule has 1 heterocycles. The second-order valence-corrected chi connectivity index (χ2v) is 22.0. The van der Waals surface area contributed by atoms with Crippen LogP contribution in [-0.2, 0) is 14.6 Å². The molecule has 8 heteroatoms. The maximum Gasteiger partial charge on any atom is 0.335 e. The van der Waals surface area contributed by atoms with Crippen molar-refractivity contribution in [3.63, 3.8) is 0 Å². The van der Waals surface area contributed by atoms with Gasteiger partial charge in [0, 0.05) is 18.6 Å². The Bertz CT molecular complexity index is 1720. The predicted octanol–water partition coefficient (Wildman–Crippen LogP) is 8.02. The molecule has 0 aromatic heterocycles. The number of hydrogen-bond donors (Lipinski definition) is 2. The Balaban J connectivity index is 1.17. The van der Waals surface area contributed by atoms with Gasteiger partial charge in [0.1, 0.15) is 0 Å². The highest BCUT2D eigenvalue weighted by atomic mass is 32.2. The maximum atomic E-state index is 13.8. The molecule has 282 valence electrons. The van der Waals surface area contributed by atoms with Gasteiger partial charge in [-0.2, -0.15) is 0 Å². The minimum atomic E-state index is -2.98. The largest absolute Gasteiger partial charge is 0.478 e. The van der Waals surface area contributed by atoms with Crippen molar-refractivity contribution >= 4 is 27.3 Å². The summed E-state index contributed by atoms with van der Waals surface area (Å²) < 4.78 is 24.1. The number of aryl methyl sites for hydroxylation is 1. The summed E-state index contributed by atoms with van der Waals surface area (Å²) in [5, 5.41) is 13.4. The zero-order valence-corrected chi connectivity index (χ0v) is 33.4. The molecule has 1 aromatic rings. The molecule has 51 heavy (non-hydrogen) atoms. The summed E-state index contributed by atoms with van der Waals surface area (Å²) in [5.74, 6) is 2.89. The van der Waals surface area contributed by atoms with Crippen molar-refractivity contribution in [2.75, 3.05) is 31.1 Å². The van der Waals surface area contributed by atoms with Crippen molar-refractivity contribution in [3.05, 3.63) is 41.0 Å². The highest BCUT2D eigenvalue weighted by Gasteiger charge is 2.70. The lowest BCUT2D eigenvalue weighted by Crippen LogP contribution is -2.68. The van der Waals surface area contributed by atoms with E-state index in [0.717, 1.165) is 31.2 Å². The zero-order chi connectivity index (χ0) is 36.9. The standard InChI is InChI=1S/C43H64N2O5S/c1-27(2)30-13-18-43(44-36(46)26-45-21-23-51(49,50)24-22-45)20-19-41(7)33(37(30)43)11-12-35-40(6)16-14-32(29-9-10-31(38(47)48)28(3)25-29)39(4,5)34(40)15-17-42(35,41)8/h9-10,14,25,27,30,33-35,37H,11-13,15-24,26H2,1-8H3,(H,44,46)(H,47,48)/t30-,33+,34-,35+,37+,40-,41+,42+,43-/m0/s1. The fourth-order valence-electron chi connectivity index (χ4n) is 14.2. The van der Waals surface area contributed by atoms with Gasteiger partial charge in [-0.3, -0.25) is 9.69 Å². The molecule has 0 unspecified atom stereocenters. The van der Waals surface area contributed by atoms with Crippen molar-refractivity contribution in [2.45, 2.75) is 119 Å². The number of nitrogens with one attached hydrogen (secondary N) is 1. The van der Waals surface area contributed by atoms with E-state index in [2.05, 4.69) is 65.9 Å². The van der Waals surface area contributed by atoms with E-state index in [0.29, 0.717) is 60.7 Å². The van der Waals surface area contributed by atoms with E-state index < -0.39 is 15.8 Å². The molecule has 4 saturated carbocycles. The Morgan fingerprint density at radius 2 is 1.63 bits per heavy atom. The fourth-order valence-corrected chi connectivity index (χ4v) is 15.5. The van der Waals surface area contributed by atoms with Gasteiger partial charge >= 0.3 is 5.97 Å². The van der Waals surface area contributed by atoms with Crippen LogP contribution in [0, 0.1) is 64.1 Å². The molecule has 2 N–H and O–H groups in total. The Kier molecular flexibility index (Phi) is 9.05. The summed E-state index contributed by atoms with van der Waals surface area (Å²) >= 11 is 0. The Morgan fingerprint density at radius 1 is 0.922 bits per heavy atom. The second-order valence-electron chi connectivity index (χ2n) is 19.7. The van der Waals surface area contributed by atoms with Crippen molar-refractivity contribution in [2.24, 2.45) is 57.2 Å². The van der Waals surface area contributed by atoms with Crippen molar-refractivity contribution in [1.82, 2.24) is 10.2 Å². The first-order chi connectivity index (χ1) is 23.8. The van der Waals surface area contributed by atoms with E-state index >= 15 is 0 Å². The lowest BCUT2D eigenvalue weighted by molar-refractivity contribution is -0.221. The summed E-state index contributed by atoms with van der Waals surface area (Å²) in [4.78, 5) is 27.6. The molecule has 1 aromatic carbocycles. The smallest absolute Gasteiger partial charge is 0.335 e. The number of hydrogen-bond acceptors (Lipinski definition) is 5. The number of carboxylic acids is 1. The van der Waals surface area contributed by atoms with Crippen LogP contribution in [-0.4, -0.2) is 67.0 Å².